The second kappa shape index (κ2) is 8.14. The summed E-state index contributed by atoms with van der Waals surface area (Å²) in [5.74, 6) is -1.26. The first-order valence-electron chi connectivity index (χ1n) is 7.34. The first kappa shape index (κ1) is 22.7. The van der Waals surface area contributed by atoms with Crippen molar-refractivity contribution >= 4 is 81.4 Å². The number of hydrogen-bond acceptors (Lipinski definition) is 2. The van der Waals surface area contributed by atoms with Gasteiger partial charge in [0.25, 0.3) is 0 Å². The van der Waals surface area contributed by atoms with E-state index in [2.05, 4.69) is 0 Å². The molecule has 1 saturated heterocycles. The van der Waals surface area contributed by atoms with Gasteiger partial charge in [0.2, 0.25) is 11.8 Å². The Kier molecular flexibility index (Phi) is 7.71. The van der Waals surface area contributed by atoms with E-state index in [0.717, 1.165) is 0 Å². The lowest BCUT2D eigenvalue weighted by Gasteiger charge is -2.44. The predicted molar refractivity (Wildman–Crippen MR) is 101 cm³/mol. The first-order valence-corrected chi connectivity index (χ1v) is 9.61. The molecule has 0 aromatic heterocycles. The Hall–Kier alpha value is 0.680. The SMILES string of the molecule is C[C@@H](CC1C(=O)N(C)C(C[C@H](C)C(Cl)(Cl)Cl)C(=O)N1C)C(Cl)(Cl)Cl. The summed E-state index contributed by atoms with van der Waals surface area (Å²) in [5, 5.41) is 0. The Balaban J connectivity index is 2.94. The van der Waals surface area contributed by atoms with Crippen LogP contribution in [0.3, 0.4) is 0 Å². The minimum atomic E-state index is -1.51. The van der Waals surface area contributed by atoms with Gasteiger partial charge in [-0.05, 0) is 12.8 Å². The maximum absolute atomic E-state index is 12.7. The van der Waals surface area contributed by atoms with Crippen LogP contribution in [0.25, 0.3) is 0 Å². The van der Waals surface area contributed by atoms with Crippen molar-refractivity contribution in [2.75, 3.05) is 14.1 Å². The minimum absolute atomic E-state index is 0.222. The summed E-state index contributed by atoms with van der Waals surface area (Å²) in [6.45, 7) is 3.44. The maximum Gasteiger partial charge on any atom is 0.245 e. The first-order chi connectivity index (χ1) is 10.7. The van der Waals surface area contributed by atoms with E-state index in [1.807, 2.05) is 0 Å². The van der Waals surface area contributed by atoms with E-state index in [0.29, 0.717) is 0 Å². The monoisotopic (exact) mass is 458 g/mol. The van der Waals surface area contributed by atoms with Gasteiger partial charge in [-0.3, -0.25) is 9.59 Å². The Morgan fingerprint density at radius 2 is 1.04 bits per heavy atom. The fourth-order valence-electron chi connectivity index (χ4n) is 2.56. The van der Waals surface area contributed by atoms with Crippen LogP contribution in [0.15, 0.2) is 0 Å². The van der Waals surface area contributed by atoms with Gasteiger partial charge in [-0.2, -0.15) is 0 Å². The maximum atomic E-state index is 12.7. The fourth-order valence-corrected chi connectivity index (χ4v) is 3.10. The van der Waals surface area contributed by atoms with Crippen LogP contribution in [0, 0.1) is 11.8 Å². The summed E-state index contributed by atoms with van der Waals surface area (Å²) in [4.78, 5) is 28.2. The van der Waals surface area contributed by atoms with Gasteiger partial charge in [0.1, 0.15) is 12.1 Å². The van der Waals surface area contributed by atoms with Crippen molar-refractivity contribution in [3.63, 3.8) is 0 Å². The molecule has 1 aliphatic rings. The van der Waals surface area contributed by atoms with Crippen molar-refractivity contribution in [2.24, 2.45) is 11.8 Å². The highest BCUT2D eigenvalue weighted by Gasteiger charge is 2.46. The molecule has 24 heavy (non-hydrogen) atoms. The highest BCUT2D eigenvalue weighted by molar-refractivity contribution is 6.68. The molecule has 2 amide bonds. The molecule has 0 saturated carbocycles. The number of rotatable bonds is 4. The van der Waals surface area contributed by atoms with Crippen LogP contribution in [0.2, 0.25) is 0 Å². The van der Waals surface area contributed by atoms with E-state index < -0.39 is 31.5 Å². The molecule has 4 nitrogen and oxygen atoms in total. The van der Waals surface area contributed by atoms with Gasteiger partial charge < -0.3 is 9.80 Å². The van der Waals surface area contributed by atoms with Gasteiger partial charge in [-0.15, -0.1) is 0 Å². The topological polar surface area (TPSA) is 40.6 Å². The van der Waals surface area contributed by atoms with Crippen molar-refractivity contribution < 1.29 is 9.59 Å². The lowest BCUT2D eigenvalue weighted by atomic mass is 9.93. The molecule has 0 bridgehead atoms. The van der Waals surface area contributed by atoms with Gasteiger partial charge in [0.15, 0.2) is 7.59 Å². The molecule has 140 valence electrons. The highest BCUT2D eigenvalue weighted by Crippen LogP contribution is 2.40. The average molecular weight is 461 g/mol. The van der Waals surface area contributed by atoms with E-state index in [-0.39, 0.29) is 24.7 Å². The normalized spacial score (nSPS) is 25.9. The molecular weight excluding hydrogens is 441 g/mol. The molecule has 0 aliphatic carbocycles. The molecule has 1 aliphatic heterocycles. The number of carbonyl (C=O) groups is 2. The third-order valence-electron chi connectivity index (χ3n) is 4.47. The number of alkyl halides is 6. The van der Waals surface area contributed by atoms with Gasteiger partial charge in [-0.1, -0.05) is 83.5 Å². The molecule has 0 aromatic carbocycles. The highest BCUT2D eigenvalue weighted by atomic mass is 35.6. The molecule has 0 N–H and O–H groups in total. The summed E-state index contributed by atoms with van der Waals surface area (Å²) in [6.07, 6.45) is 0.489. The van der Waals surface area contributed by atoms with Crippen molar-refractivity contribution in [2.45, 2.75) is 46.4 Å². The summed E-state index contributed by atoms with van der Waals surface area (Å²) in [7, 11) is 3.13. The molecule has 0 radical (unpaired) electrons. The summed E-state index contributed by atoms with van der Waals surface area (Å²) < 4.78 is -3.02. The van der Waals surface area contributed by atoms with Crippen LogP contribution in [-0.2, 0) is 9.59 Å². The van der Waals surface area contributed by atoms with E-state index in [1.165, 1.54) is 9.80 Å². The molecule has 1 rings (SSSR count). The van der Waals surface area contributed by atoms with E-state index in [9.17, 15) is 9.59 Å². The van der Waals surface area contributed by atoms with Crippen LogP contribution in [0.1, 0.15) is 26.7 Å². The smallest absolute Gasteiger partial charge is 0.245 e. The minimum Gasteiger partial charge on any atom is -0.332 e. The Morgan fingerprint density at radius 3 is 1.25 bits per heavy atom. The summed E-state index contributed by atoms with van der Waals surface area (Å²) in [6, 6.07) is -1.38. The van der Waals surface area contributed by atoms with Crippen molar-refractivity contribution in [1.82, 2.24) is 9.80 Å². The Morgan fingerprint density at radius 1 is 0.792 bits per heavy atom. The summed E-state index contributed by atoms with van der Waals surface area (Å²) >= 11 is 35.3. The van der Waals surface area contributed by atoms with E-state index in [4.69, 9.17) is 69.6 Å². The van der Waals surface area contributed by atoms with E-state index in [1.54, 1.807) is 27.9 Å². The lowest BCUT2D eigenvalue weighted by Crippen LogP contribution is -2.63. The van der Waals surface area contributed by atoms with Crippen molar-refractivity contribution in [3.05, 3.63) is 0 Å². The molecule has 1 heterocycles. The molecule has 0 spiro atoms. The number of hydrogen-bond donors (Lipinski definition) is 0. The zero-order valence-electron chi connectivity index (χ0n) is 13.7. The zero-order valence-corrected chi connectivity index (χ0v) is 18.2. The number of halogens is 6. The van der Waals surface area contributed by atoms with E-state index >= 15 is 0 Å². The largest absolute Gasteiger partial charge is 0.332 e. The Labute approximate surface area is 172 Å². The quantitative estimate of drug-likeness (QED) is 0.581. The number of carbonyl (C=O) groups excluding carboxylic acids is 2. The van der Waals surface area contributed by atoms with Crippen LogP contribution in [-0.4, -0.2) is 55.4 Å². The lowest BCUT2D eigenvalue weighted by molar-refractivity contribution is -0.159. The Bertz CT molecular complexity index is 447. The van der Waals surface area contributed by atoms with Crippen molar-refractivity contribution in [1.29, 1.82) is 0 Å². The summed E-state index contributed by atoms with van der Waals surface area (Å²) in [5.41, 5.74) is 0. The van der Waals surface area contributed by atoms with Crippen LogP contribution < -0.4 is 0 Å². The number of amides is 2. The number of likely N-dealkylation sites (N-methyl/N-ethyl adjacent to an activating group) is 2. The fraction of sp³-hybridized carbons (Fsp3) is 0.857. The third-order valence-corrected chi connectivity index (χ3v) is 6.71. The predicted octanol–water partition coefficient (Wildman–Crippen LogP) is 4.45. The van der Waals surface area contributed by atoms with Gasteiger partial charge in [0, 0.05) is 25.9 Å². The zero-order chi connectivity index (χ0) is 19.0. The molecular formula is C14H20Cl6N2O2. The van der Waals surface area contributed by atoms with Gasteiger partial charge in [-0.25, -0.2) is 0 Å². The molecule has 1 fully saturated rings. The standard InChI is InChI=1S/C14H20Cl6N2O2/c1-7(13(15,16)17)5-9-11(23)22(4)10(12(24)21(9)3)6-8(2)14(18,19)20/h7-10H,5-6H2,1-4H3/t7-,8-,9?,10?/m0/s1. The number of piperazine rings is 1. The molecule has 2 unspecified atom stereocenters. The second-order valence-corrected chi connectivity index (χ2v) is 11.0. The average Bonchev–Trinajstić information content (AvgIpc) is 2.43. The van der Waals surface area contributed by atoms with Gasteiger partial charge >= 0.3 is 0 Å². The van der Waals surface area contributed by atoms with Crippen LogP contribution in [0.5, 0.6) is 0 Å². The molecule has 4 atom stereocenters. The molecule has 10 heteroatoms. The molecule has 0 aromatic rings. The van der Waals surface area contributed by atoms with Crippen LogP contribution >= 0.6 is 69.6 Å². The van der Waals surface area contributed by atoms with Gasteiger partial charge in [0.05, 0.1) is 0 Å². The third kappa shape index (κ3) is 5.34. The van der Waals surface area contributed by atoms with Crippen molar-refractivity contribution in [3.8, 4) is 0 Å². The second-order valence-electron chi connectivity index (χ2n) is 6.29. The van der Waals surface area contributed by atoms with Crippen LogP contribution in [0.4, 0.5) is 0 Å². The number of nitrogens with zero attached hydrogens (tertiary/aromatic N) is 2.